The Balaban J connectivity index is 1.30. The molecule has 1 aliphatic heterocycles. The third-order valence-electron chi connectivity index (χ3n) is 4.90. The molecule has 2 aromatic carbocycles. The van der Waals surface area contributed by atoms with Gasteiger partial charge >= 0.3 is 0 Å². The number of hydrogen-bond donors (Lipinski definition) is 2. The molecule has 28 heavy (non-hydrogen) atoms. The second kappa shape index (κ2) is 7.82. The van der Waals surface area contributed by atoms with Gasteiger partial charge in [0.05, 0.1) is 6.54 Å². The molecule has 0 aliphatic carbocycles. The molecule has 0 radical (unpaired) electrons. The molecule has 6 nitrogen and oxygen atoms in total. The summed E-state index contributed by atoms with van der Waals surface area (Å²) >= 11 is 0. The highest BCUT2D eigenvalue weighted by atomic mass is 19.1. The van der Waals surface area contributed by atoms with E-state index in [4.69, 9.17) is 0 Å². The molecule has 2 N–H and O–H groups in total. The van der Waals surface area contributed by atoms with Crippen LogP contribution in [0.3, 0.4) is 0 Å². The van der Waals surface area contributed by atoms with Crippen molar-refractivity contribution in [3.05, 3.63) is 66.1 Å². The van der Waals surface area contributed by atoms with E-state index in [1.165, 1.54) is 12.1 Å². The number of para-hydroxylation sites is 1. The van der Waals surface area contributed by atoms with Crippen molar-refractivity contribution in [2.75, 3.05) is 38.0 Å². The summed E-state index contributed by atoms with van der Waals surface area (Å²) in [6.45, 7) is 2.55. The average Bonchev–Trinajstić information content (AvgIpc) is 3.12. The van der Waals surface area contributed by atoms with Gasteiger partial charge in [-0.05, 0) is 30.3 Å². The van der Waals surface area contributed by atoms with Crippen LogP contribution in [0, 0.1) is 5.82 Å². The first kappa shape index (κ1) is 18.2. The zero-order valence-corrected chi connectivity index (χ0v) is 15.3. The lowest BCUT2D eigenvalue weighted by atomic mass is 10.2. The minimum Gasteiger partial charge on any atom is -0.351 e. The van der Waals surface area contributed by atoms with Crippen molar-refractivity contribution in [3.63, 3.8) is 0 Å². The van der Waals surface area contributed by atoms with Gasteiger partial charge in [0, 0.05) is 42.8 Å². The summed E-state index contributed by atoms with van der Waals surface area (Å²) in [5.41, 5.74) is 1.97. The lowest BCUT2D eigenvalue weighted by Gasteiger charge is -2.34. The minimum absolute atomic E-state index is 0.0277. The van der Waals surface area contributed by atoms with Gasteiger partial charge in [0.2, 0.25) is 5.91 Å². The van der Waals surface area contributed by atoms with E-state index in [0.29, 0.717) is 37.6 Å². The summed E-state index contributed by atoms with van der Waals surface area (Å²) in [7, 11) is 0. The predicted molar refractivity (Wildman–Crippen MR) is 106 cm³/mol. The highest BCUT2D eigenvalue weighted by Crippen LogP contribution is 2.17. The summed E-state index contributed by atoms with van der Waals surface area (Å²) < 4.78 is 13.2. The molecule has 1 aliphatic rings. The summed E-state index contributed by atoms with van der Waals surface area (Å²) in [5.74, 6) is -0.608. The Bertz CT molecular complexity index is 975. The number of anilines is 1. The quantitative estimate of drug-likeness (QED) is 0.731. The van der Waals surface area contributed by atoms with Crippen LogP contribution in [-0.4, -0.2) is 59.3 Å². The number of halogens is 1. The van der Waals surface area contributed by atoms with Crippen LogP contribution < -0.4 is 5.32 Å². The summed E-state index contributed by atoms with van der Waals surface area (Å²) in [6, 6.07) is 15.5. The third kappa shape index (κ3) is 4.04. The SMILES string of the molecule is O=C(CN1CCN(C(=O)c2cc3ccccc3[nH]2)CC1)Nc1cccc(F)c1. The lowest BCUT2D eigenvalue weighted by molar-refractivity contribution is -0.117. The molecule has 2 heterocycles. The minimum atomic E-state index is -0.387. The maximum absolute atomic E-state index is 13.2. The number of benzene rings is 2. The second-order valence-corrected chi connectivity index (χ2v) is 6.90. The molecule has 1 saturated heterocycles. The molecule has 0 atom stereocenters. The Morgan fingerprint density at radius 1 is 1.00 bits per heavy atom. The molecule has 7 heteroatoms. The Labute approximate surface area is 161 Å². The van der Waals surface area contributed by atoms with Gasteiger partial charge in [-0.25, -0.2) is 4.39 Å². The van der Waals surface area contributed by atoms with Crippen LogP contribution in [0.15, 0.2) is 54.6 Å². The van der Waals surface area contributed by atoms with Crippen molar-refractivity contribution in [1.82, 2.24) is 14.8 Å². The van der Waals surface area contributed by atoms with Gasteiger partial charge in [-0.1, -0.05) is 24.3 Å². The standard InChI is InChI=1S/C21H21FN4O2/c22-16-5-3-6-17(13-16)23-20(27)14-25-8-10-26(11-9-25)21(28)19-12-15-4-1-2-7-18(15)24-19/h1-7,12-13,24H,8-11,14H2,(H,23,27). The highest BCUT2D eigenvalue weighted by Gasteiger charge is 2.24. The molecule has 4 rings (SSSR count). The molecule has 0 saturated carbocycles. The Hall–Kier alpha value is -3.19. The average molecular weight is 380 g/mol. The van der Waals surface area contributed by atoms with Gasteiger partial charge in [-0.2, -0.15) is 0 Å². The number of H-pyrrole nitrogens is 1. The van der Waals surface area contributed by atoms with E-state index in [1.807, 2.05) is 35.2 Å². The largest absolute Gasteiger partial charge is 0.351 e. The van der Waals surface area contributed by atoms with Crippen molar-refractivity contribution in [3.8, 4) is 0 Å². The molecule has 3 aromatic rings. The van der Waals surface area contributed by atoms with Crippen molar-refractivity contribution in [1.29, 1.82) is 0 Å². The molecule has 0 bridgehead atoms. The summed E-state index contributed by atoms with van der Waals surface area (Å²) in [4.78, 5) is 31.9. The van der Waals surface area contributed by atoms with E-state index in [0.717, 1.165) is 10.9 Å². The fourth-order valence-electron chi connectivity index (χ4n) is 3.44. The van der Waals surface area contributed by atoms with E-state index in [1.54, 1.807) is 17.0 Å². The topological polar surface area (TPSA) is 68.4 Å². The normalized spacial score (nSPS) is 15.0. The van der Waals surface area contributed by atoms with Crippen LogP contribution in [-0.2, 0) is 4.79 Å². The summed E-state index contributed by atoms with van der Waals surface area (Å²) in [5, 5.41) is 3.71. The van der Waals surface area contributed by atoms with Crippen molar-refractivity contribution < 1.29 is 14.0 Å². The van der Waals surface area contributed by atoms with Gasteiger partial charge in [0.1, 0.15) is 11.5 Å². The zero-order chi connectivity index (χ0) is 19.5. The van der Waals surface area contributed by atoms with Crippen LogP contribution in [0.5, 0.6) is 0 Å². The predicted octanol–water partition coefficient (Wildman–Crippen LogP) is 2.70. The molecule has 1 fully saturated rings. The number of rotatable bonds is 4. The third-order valence-corrected chi connectivity index (χ3v) is 4.90. The number of fused-ring (bicyclic) bond motifs is 1. The van der Waals surface area contributed by atoms with E-state index >= 15 is 0 Å². The Morgan fingerprint density at radius 3 is 2.54 bits per heavy atom. The van der Waals surface area contributed by atoms with E-state index < -0.39 is 0 Å². The number of nitrogens with zero attached hydrogens (tertiary/aromatic N) is 2. The van der Waals surface area contributed by atoms with E-state index in [2.05, 4.69) is 10.3 Å². The van der Waals surface area contributed by atoms with Crippen LogP contribution in [0.4, 0.5) is 10.1 Å². The van der Waals surface area contributed by atoms with E-state index in [9.17, 15) is 14.0 Å². The first-order valence-electron chi connectivity index (χ1n) is 9.23. The summed E-state index contributed by atoms with van der Waals surface area (Å²) in [6.07, 6.45) is 0. The smallest absolute Gasteiger partial charge is 0.270 e. The first-order valence-corrected chi connectivity index (χ1v) is 9.23. The van der Waals surface area contributed by atoms with Crippen LogP contribution in [0.1, 0.15) is 10.5 Å². The van der Waals surface area contributed by atoms with Gasteiger partial charge in [0.25, 0.3) is 5.91 Å². The number of hydrogen-bond acceptors (Lipinski definition) is 3. The second-order valence-electron chi connectivity index (χ2n) is 6.90. The fraction of sp³-hybridized carbons (Fsp3) is 0.238. The number of aromatic nitrogens is 1. The lowest BCUT2D eigenvalue weighted by Crippen LogP contribution is -2.50. The first-order chi connectivity index (χ1) is 13.6. The van der Waals surface area contributed by atoms with Gasteiger partial charge < -0.3 is 15.2 Å². The fourth-order valence-corrected chi connectivity index (χ4v) is 3.44. The van der Waals surface area contributed by atoms with Gasteiger partial charge in [-0.3, -0.25) is 14.5 Å². The van der Waals surface area contributed by atoms with Gasteiger partial charge in [-0.15, -0.1) is 0 Å². The Morgan fingerprint density at radius 2 is 1.79 bits per heavy atom. The molecule has 1 aromatic heterocycles. The molecule has 0 spiro atoms. The van der Waals surface area contributed by atoms with Crippen molar-refractivity contribution in [2.24, 2.45) is 0 Å². The molecule has 144 valence electrons. The van der Waals surface area contributed by atoms with Crippen LogP contribution in [0.25, 0.3) is 10.9 Å². The number of carbonyl (C=O) groups is 2. The highest BCUT2D eigenvalue weighted by molar-refractivity contribution is 5.98. The molecular weight excluding hydrogens is 359 g/mol. The van der Waals surface area contributed by atoms with Crippen molar-refractivity contribution in [2.45, 2.75) is 0 Å². The number of carbonyl (C=O) groups excluding carboxylic acids is 2. The van der Waals surface area contributed by atoms with Crippen LogP contribution >= 0.6 is 0 Å². The van der Waals surface area contributed by atoms with Gasteiger partial charge in [0.15, 0.2) is 0 Å². The zero-order valence-electron chi connectivity index (χ0n) is 15.3. The molecule has 0 unspecified atom stereocenters. The number of piperazine rings is 1. The molecule has 2 amide bonds. The van der Waals surface area contributed by atoms with Crippen LogP contribution in [0.2, 0.25) is 0 Å². The number of aromatic amines is 1. The molecular formula is C21H21FN4O2. The van der Waals surface area contributed by atoms with E-state index in [-0.39, 0.29) is 24.2 Å². The number of amides is 2. The maximum Gasteiger partial charge on any atom is 0.270 e. The van der Waals surface area contributed by atoms with Crippen molar-refractivity contribution >= 4 is 28.4 Å². The number of nitrogens with one attached hydrogen (secondary N) is 2. The maximum atomic E-state index is 13.2. The monoisotopic (exact) mass is 380 g/mol. The Kier molecular flexibility index (Phi) is 5.08.